The van der Waals surface area contributed by atoms with Crippen molar-refractivity contribution in [2.24, 2.45) is 0 Å². The molecular weight excluding hydrogens is 354 g/mol. The van der Waals surface area contributed by atoms with Crippen LogP contribution in [-0.4, -0.2) is 33.9 Å². The zero-order valence-corrected chi connectivity index (χ0v) is 15.3. The minimum Gasteiger partial charge on any atom is -0.508 e. The number of hydrogen-bond donors (Lipinski definition) is 1. The predicted octanol–water partition coefficient (Wildman–Crippen LogP) is 3.84. The third-order valence-electron chi connectivity index (χ3n) is 3.82. The molecular formula is C19H17NO3S2. The number of methoxy groups -OCH3 is 1. The molecule has 0 aliphatic carbocycles. The second kappa shape index (κ2) is 7.72. The maximum absolute atomic E-state index is 12.6. The van der Waals surface area contributed by atoms with Crippen molar-refractivity contribution in [2.75, 3.05) is 13.7 Å². The maximum atomic E-state index is 12.6. The Kier molecular flexibility index (Phi) is 5.40. The van der Waals surface area contributed by atoms with Crippen LogP contribution in [0.4, 0.5) is 0 Å². The van der Waals surface area contributed by atoms with Gasteiger partial charge in [0, 0.05) is 6.54 Å². The fourth-order valence-electron chi connectivity index (χ4n) is 2.49. The highest BCUT2D eigenvalue weighted by molar-refractivity contribution is 8.26. The highest BCUT2D eigenvalue weighted by atomic mass is 32.2. The summed E-state index contributed by atoms with van der Waals surface area (Å²) in [6.07, 6.45) is 2.47. The Balaban J connectivity index is 1.68. The van der Waals surface area contributed by atoms with Crippen molar-refractivity contribution in [3.05, 3.63) is 64.6 Å². The van der Waals surface area contributed by atoms with E-state index >= 15 is 0 Å². The lowest BCUT2D eigenvalue weighted by molar-refractivity contribution is -0.122. The first kappa shape index (κ1) is 17.5. The SMILES string of the molecule is COc1ccc(CCN2C(=O)/C(=C/c3cccc(O)c3)SC2=S)cc1. The van der Waals surface area contributed by atoms with Gasteiger partial charge in [-0.2, -0.15) is 0 Å². The van der Waals surface area contributed by atoms with Gasteiger partial charge in [0.05, 0.1) is 12.0 Å². The predicted molar refractivity (Wildman–Crippen MR) is 105 cm³/mol. The van der Waals surface area contributed by atoms with Crippen LogP contribution in [-0.2, 0) is 11.2 Å². The number of hydrogen-bond acceptors (Lipinski definition) is 5. The van der Waals surface area contributed by atoms with Crippen molar-refractivity contribution in [1.29, 1.82) is 0 Å². The van der Waals surface area contributed by atoms with E-state index < -0.39 is 0 Å². The highest BCUT2D eigenvalue weighted by Crippen LogP contribution is 2.33. The van der Waals surface area contributed by atoms with Crippen LogP contribution in [0, 0.1) is 0 Å². The van der Waals surface area contributed by atoms with Gasteiger partial charge in [-0.25, -0.2) is 0 Å². The molecule has 4 nitrogen and oxygen atoms in total. The van der Waals surface area contributed by atoms with Gasteiger partial charge in [0.2, 0.25) is 0 Å². The summed E-state index contributed by atoms with van der Waals surface area (Å²) >= 11 is 6.64. The molecule has 2 aromatic carbocycles. The van der Waals surface area contributed by atoms with E-state index in [1.54, 1.807) is 36.3 Å². The maximum Gasteiger partial charge on any atom is 0.266 e. The second-order valence-electron chi connectivity index (χ2n) is 5.53. The molecule has 1 aliphatic heterocycles. The van der Waals surface area contributed by atoms with Gasteiger partial charge in [-0.15, -0.1) is 0 Å². The number of nitrogens with zero attached hydrogens (tertiary/aromatic N) is 1. The minimum atomic E-state index is -0.0909. The summed E-state index contributed by atoms with van der Waals surface area (Å²) in [7, 11) is 1.63. The molecule has 0 unspecified atom stereocenters. The van der Waals surface area contributed by atoms with E-state index in [1.807, 2.05) is 30.3 Å². The minimum absolute atomic E-state index is 0.0909. The first-order valence-corrected chi connectivity index (χ1v) is 8.96. The molecule has 0 bridgehead atoms. The summed E-state index contributed by atoms with van der Waals surface area (Å²) in [4.78, 5) is 14.8. The van der Waals surface area contributed by atoms with Gasteiger partial charge >= 0.3 is 0 Å². The van der Waals surface area contributed by atoms with Gasteiger partial charge in [0.25, 0.3) is 5.91 Å². The zero-order valence-electron chi connectivity index (χ0n) is 13.6. The number of aromatic hydroxyl groups is 1. The molecule has 1 amide bonds. The van der Waals surface area contributed by atoms with E-state index in [4.69, 9.17) is 17.0 Å². The molecule has 1 saturated heterocycles. The van der Waals surface area contributed by atoms with Crippen LogP contribution in [0.25, 0.3) is 6.08 Å². The smallest absolute Gasteiger partial charge is 0.266 e. The number of amides is 1. The Morgan fingerprint density at radius 1 is 1.24 bits per heavy atom. The molecule has 1 aliphatic rings. The summed E-state index contributed by atoms with van der Waals surface area (Å²) in [5, 5.41) is 9.54. The van der Waals surface area contributed by atoms with Crippen LogP contribution >= 0.6 is 24.0 Å². The second-order valence-corrected chi connectivity index (χ2v) is 7.20. The molecule has 0 aromatic heterocycles. The molecule has 6 heteroatoms. The van der Waals surface area contributed by atoms with E-state index in [-0.39, 0.29) is 11.7 Å². The van der Waals surface area contributed by atoms with Crippen molar-refractivity contribution in [2.45, 2.75) is 6.42 Å². The van der Waals surface area contributed by atoms with Gasteiger partial charge in [0.15, 0.2) is 0 Å². The highest BCUT2D eigenvalue weighted by Gasteiger charge is 2.31. The zero-order chi connectivity index (χ0) is 17.8. The fraction of sp³-hybridized carbons (Fsp3) is 0.158. The monoisotopic (exact) mass is 371 g/mol. The van der Waals surface area contributed by atoms with Crippen molar-refractivity contribution in [3.8, 4) is 11.5 Å². The largest absolute Gasteiger partial charge is 0.508 e. The van der Waals surface area contributed by atoms with E-state index in [9.17, 15) is 9.90 Å². The molecule has 0 radical (unpaired) electrons. The number of phenolic OH excluding ortho intramolecular Hbond substituents is 1. The standard InChI is InChI=1S/C19H17NO3S2/c1-23-16-7-5-13(6-8-16)9-10-20-18(22)17(25-19(20)24)12-14-3-2-4-15(21)11-14/h2-8,11-12,21H,9-10H2,1H3/b17-12-. The molecule has 0 spiro atoms. The Labute approximate surface area is 156 Å². The third kappa shape index (κ3) is 4.21. The summed E-state index contributed by atoms with van der Waals surface area (Å²) < 4.78 is 5.71. The normalized spacial score (nSPS) is 15.9. The van der Waals surface area contributed by atoms with Crippen molar-refractivity contribution >= 4 is 40.3 Å². The van der Waals surface area contributed by atoms with Gasteiger partial charge in [0.1, 0.15) is 15.8 Å². The van der Waals surface area contributed by atoms with Crippen LogP contribution in [0.15, 0.2) is 53.4 Å². The molecule has 25 heavy (non-hydrogen) atoms. The topological polar surface area (TPSA) is 49.8 Å². The summed E-state index contributed by atoms with van der Waals surface area (Å²) in [5.74, 6) is 0.888. The molecule has 3 rings (SSSR count). The van der Waals surface area contributed by atoms with Crippen molar-refractivity contribution in [1.82, 2.24) is 4.90 Å². The van der Waals surface area contributed by atoms with E-state index in [2.05, 4.69) is 0 Å². The van der Waals surface area contributed by atoms with Crippen LogP contribution in [0.1, 0.15) is 11.1 Å². The number of thiocarbonyl (C=S) groups is 1. The van der Waals surface area contributed by atoms with Gasteiger partial charge < -0.3 is 9.84 Å². The van der Waals surface area contributed by atoms with Crippen LogP contribution in [0.2, 0.25) is 0 Å². The summed E-state index contributed by atoms with van der Waals surface area (Å²) in [6.45, 7) is 0.536. The molecule has 1 heterocycles. The average molecular weight is 371 g/mol. The first-order valence-electron chi connectivity index (χ1n) is 7.74. The lowest BCUT2D eigenvalue weighted by Gasteiger charge is -2.14. The molecule has 128 valence electrons. The third-order valence-corrected chi connectivity index (χ3v) is 5.20. The molecule has 1 N–H and O–H groups in total. The van der Waals surface area contributed by atoms with E-state index in [0.717, 1.165) is 23.3 Å². The van der Waals surface area contributed by atoms with Crippen molar-refractivity contribution in [3.63, 3.8) is 0 Å². The number of ether oxygens (including phenoxy) is 1. The Bertz CT molecular complexity index is 831. The number of benzene rings is 2. The Morgan fingerprint density at radius 3 is 2.68 bits per heavy atom. The molecule has 2 aromatic rings. The number of phenols is 1. The van der Waals surface area contributed by atoms with Gasteiger partial charge in [-0.1, -0.05) is 48.2 Å². The van der Waals surface area contributed by atoms with E-state index in [0.29, 0.717) is 15.8 Å². The summed E-state index contributed by atoms with van der Waals surface area (Å²) in [6, 6.07) is 14.6. The number of rotatable bonds is 5. The summed E-state index contributed by atoms with van der Waals surface area (Å²) in [5.41, 5.74) is 1.89. The number of carbonyl (C=O) groups excluding carboxylic acids is 1. The average Bonchev–Trinajstić information content (AvgIpc) is 2.87. The first-order chi connectivity index (χ1) is 12.1. The van der Waals surface area contributed by atoms with Gasteiger partial charge in [-0.3, -0.25) is 9.69 Å². The molecule has 0 saturated carbocycles. The lowest BCUT2D eigenvalue weighted by atomic mass is 10.1. The van der Waals surface area contributed by atoms with E-state index in [1.165, 1.54) is 11.8 Å². The Morgan fingerprint density at radius 2 is 2.00 bits per heavy atom. The van der Waals surface area contributed by atoms with Crippen LogP contribution < -0.4 is 4.74 Å². The van der Waals surface area contributed by atoms with Crippen LogP contribution in [0.3, 0.4) is 0 Å². The van der Waals surface area contributed by atoms with Crippen molar-refractivity contribution < 1.29 is 14.6 Å². The fourth-order valence-corrected chi connectivity index (χ4v) is 3.80. The van der Waals surface area contributed by atoms with Gasteiger partial charge in [-0.05, 0) is 47.9 Å². The number of carbonyl (C=O) groups is 1. The molecule has 0 atom stereocenters. The number of thioether (sulfide) groups is 1. The lowest BCUT2D eigenvalue weighted by Crippen LogP contribution is -2.30. The quantitative estimate of drug-likeness (QED) is 0.639. The molecule has 1 fully saturated rings. The van der Waals surface area contributed by atoms with Crippen LogP contribution in [0.5, 0.6) is 11.5 Å². The Hall–Kier alpha value is -2.31.